The van der Waals surface area contributed by atoms with Crippen molar-refractivity contribution in [1.82, 2.24) is 5.32 Å². The zero-order valence-electron chi connectivity index (χ0n) is 15.3. The van der Waals surface area contributed by atoms with Crippen LogP contribution in [0.4, 0.5) is 9.39 Å². The van der Waals surface area contributed by atoms with E-state index in [2.05, 4.69) is 34.9 Å². The number of amides is 1. The van der Waals surface area contributed by atoms with E-state index in [1.54, 1.807) is 29.5 Å². The van der Waals surface area contributed by atoms with E-state index in [-0.39, 0.29) is 11.7 Å². The van der Waals surface area contributed by atoms with Crippen LogP contribution in [-0.2, 0) is 19.5 Å². The summed E-state index contributed by atoms with van der Waals surface area (Å²) in [4.78, 5) is 15.6. The standard InChI is InChI=1S/C22H20FN3OS/c23-17-9-5-4-8-15(17)20-24-21(27)19-16-10-11-26(12-14-6-2-1-3-7-14)13-18(16)28-22(19)25-20/h1-9,20,25H,10-13H2,(H,24,27)/p+1/t20-/m1/s1. The number of hydrogen-bond acceptors (Lipinski definition) is 3. The van der Waals surface area contributed by atoms with E-state index in [9.17, 15) is 9.18 Å². The Labute approximate surface area is 167 Å². The van der Waals surface area contributed by atoms with Crippen LogP contribution in [0.2, 0.25) is 0 Å². The predicted molar refractivity (Wildman–Crippen MR) is 108 cm³/mol. The summed E-state index contributed by atoms with van der Waals surface area (Å²) in [5, 5.41) is 7.13. The largest absolute Gasteiger partial charge is 0.353 e. The average Bonchev–Trinajstić information content (AvgIpc) is 3.07. The van der Waals surface area contributed by atoms with Gasteiger partial charge in [0, 0.05) is 17.5 Å². The van der Waals surface area contributed by atoms with Crippen molar-refractivity contribution < 1.29 is 14.1 Å². The first-order chi connectivity index (χ1) is 13.7. The normalized spacial score (nSPS) is 20.7. The number of anilines is 1. The molecule has 1 aromatic heterocycles. The highest BCUT2D eigenvalue weighted by molar-refractivity contribution is 7.16. The van der Waals surface area contributed by atoms with Gasteiger partial charge >= 0.3 is 0 Å². The number of hydrogen-bond donors (Lipinski definition) is 3. The molecule has 3 N–H and O–H groups in total. The highest BCUT2D eigenvalue weighted by atomic mass is 32.1. The van der Waals surface area contributed by atoms with E-state index in [0.717, 1.165) is 42.2 Å². The van der Waals surface area contributed by atoms with Crippen LogP contribution in [-0.4, -0.2) is 12.5 Å². The molecule has 28 heavy (non-hydrogen) atoms. The number of carbonyl (C=O) groups is 1. The summed E-state index contributed by atoms with van der Waals surface area (Å²) in [6, 6.07) is 17.1. The van der Waals surface area contributed by atoms with Crippen molar-refractivity contribution >= 4 is 22.2 Å². The molecule has 6 heteroatoms. The molecule has 4 nitrogen and oxygen atoms in total. The van der Waals surface area contributed by atoms with Crippen molar-refractivity contribution in [1.29, 1.82) is 0 Å². The highest BCUT2D eigenvalue weighted by Crippen LogP contribution is 2.39. The molecule has 0 radical (unpaired) electrons. The molecule has 1 unspecified atom stereocenters. The Balaban J connectivity index is 1.40. The van der Waals surface area contributed by atoms with Gasteiger partial charge in [0.05, 0.1) is 17.0 Å². The molecule has 0 fully saturated rings. The molecular weight excluding hydrogens is 373 g/mol. The Hall–Kier alpha value is -2.70. The van der Waals surface area contributed by atoms with Gasteiger partial charge in [-0.25, -0.2) is 4.39 Å². The van der Waals surface area contributed by atoms with Crippen LogP contribution in [0.5, 0.6) is 0 Å². The average molecular weight is 394 g/mol. The fraction of sp³-hybridized carbons (Fsp3) is 0.227. The van der Waals surface area contributed by atoms with Gasteiger partial charge in [0.15, 0.2) is 0 Å². The molecule has 2 aliphatic heterocycles. The van der Waals surface area contributed by atoms with Gasteiger partial charge in [-0.05, 0) is 11.6 Å². The van der Waals surface area contributed by atoms with E-state index < -0.39 is 6.17 Å². The van der Waals surface area contributed by atoms with Crippen LogP contribution in [0.15, 0.2) is 54.6 Å². The molecule has 2 aromatic carbocycles. The summed E-state index contributed by atoms with van der Waals surface area (Å²) in [7, 11) is 0. The van der Waals surface area contributed by atoms with Gasteiger partial charge in [-0.15, -0.1) is 11.3 Å². The third-order valence-corrected chi connectivity index (χ3v) is 6.68. The molecule has 3 aromatic rings. The molecule has 0 spiro atoms. The maximum Gasteiger partial charge on any atom is 0.256 e. The minimum Gasteiger partial charge on any atom is -0.353 e. The van der Waals surface area contributed by atoms with Gasteiger partial charge < -0.3 is 15.5 Å². The van der Waals surface area contributed by atoms with Crippen molar-refractivity contribution in [2.75, 3.05) is 11.9 Å². The first kappa shape index (κ1) is 17.4. The first-order valence-corrected chi connectivity index (χ1v) is 10.3. The molecule has 2 aliphatic rings. The molecular formula is C22H21FN3OS+. The molecule has 0 saturated carbocycles. The molecule has 142 valence electrons. The van der Waals surface area contributed by atoms with Crippen LogP contribution in [0, 0.1) is 5.82 Å². The number of quaternary nitrogens is 1. The molecule has 5 rings (SSSR count). The maximum atomic E-state index is 14.2. The van der Waals surface area contributed by atoms with Gasteiger partial charge in [0.2, 0.25) is 0 Å². The second-order valence-electron chi connectivity index (χ2n) is 7.37. The minimum absolute atomic E-state index is 0.106. The zero-order valence-corrected chi connectivity index (χ0v) is 16.1. The number of benzene rings is 2. The number of fused-ring (bicyclic) bond motifs is 3. The lowest BCUT2D eigenvalue weighted by atomic mass is 10.00. The predicted octanol–water partition coefficient (Wildman–Crippen LogP) is 2.88. The van der Waals surface area contributed by atoms with E-state index in [1.165, 1.54) is 21.4 Å². The fourth-order valence-corrected chi connectivity index (χ4v) is 5.49. The molecule has 2 atom stereocenters. The zero-order chi connectivity index (χ0) is 19.1. The topological polar surface area (TPSA) is 45.6 Å². The van der Waals surface area contributed by atoms with Crippen LogP contribution in [0.1, 0.15) is 38.1 Å². The number of thiophene rings is 1. The van der Waals surface area contributed by atoms with Gasteiger partial charge in [-0.1, -0.05) is 48.5 Å². The monoisotopic (exact) mass is 394 g/mol. The SMILES string of the molecule is O=C1N[C@@H](c2ccccc2F)Nc2sc3c(c21)CC[NH+](Cc1ccccc1)C3. The van der Waals surface area contributed by atoms with Crippen molar-refractivity contribution in [3.05, 3.63) is 87.5 Å². The summed E-state index contributed by atoms with van der Waals surface area (Å²) < 4.78 is 14.2. The van der Waals surface area contributed by atoms with Crippen molar-refractivity contribution in [3.8, 4) is 0 Å². The van der Waals surface area contributed by atoms with Crippen LogP contribution >= 0.6 is 11.3 Å². The summed E-state index contributed by atoms with van der Waals surface area (Å²) >= 11 is 1.64. The van der Waals surface area contributed by atoms with Crippen molar-refractivity contribution in [2.45, 2.75) is 25.7 Å². The fourth-order valence-electron chi connectivity index (χ4n) is 4.15. The Morgan fingerprint density at radius 3 is 2.68 bits per heavy atom. The Morgan fingerprint density at radius 1 is 1.07 bits per heavy atom. The van der Waals surface area contributed by atoms with Gasteiger partial charge in [-0.2, -0.15) is 0 Å². The van der Waals surface area contributed by atoms with Gasteiger partial charge in [0.1, 0.15) is 30.1 Å². The van der Waals surface area contributed by atoms with Crippen molar-refractivity contribution in [2.24, 2.45) is 0 Å². The lowest BCUT2D eigenvalue weighted by molar-refractivity contribution is -0.929. The molecule has 3 heterocycles. The Morgan fingerprint density at radius 2 is 1.86 bits per heavy atom. The van der Waals surface area contributed by atoms with E-state index in [0.29, 0.717) is 5.56 Å². The molecule has 0 aliphatic carbocycles. The maximum absolute atomic E-state index is 14.2. The summed E-state index contributed by atoms with van der Waals surface area (Å²) in [5.74, 6) is -0.422. The third kappa shape index (κ3) is 3.08. The molecule has 1 amide bonds. The summed E-state index contributed by atoms with van der Waals surface area (Å²) in [6.07, 6.45) is 0.358. The van der Waals surface area contributed by atoms with Crippen LogP contribution < -0.4 is 15.5 Å². The second-order valence-corrected chi connectivity index (χ2v) is 8.47. The lowest BCUT2D eigenvalue weighted by Crippen LogP contribution is -3.10. The van der Waals surface area contributed by atoms with Crippen LogP contribution in [0.25, 0.3) is 0 Å². The second kappa shape index (κ2) is 7.04. The van der Waals surface area contributed by atoms with Gasteiger partial charge in [0.25, 0.3) is 5.91 Å². The number of rotatable bonds is 3. The highest BCUT2D eigenvalue weighted by Gasteiger charge is 2.35. The number of carbonyl (C=O) groups excluding carboxylic acids is 1. The third-order valence-electron chi connectivity index (χ3n) is 5.52. The van der Waals surface area contributed by atoms with Crippen LogP contribution in [0.3, 0.4) is 0 Å². The first-order valence-electron chi connectivity index (χ1n) is 9.53. The summed E-state index contributed by atoms with van der Waals surface area (Å²) in [5.41, 5.74) is 3.71. The number of halogens is 1. The van der Waals surface area contributed by atoms with Gasteiger partial charge in [-0.3, -0.25) is 4.79 Å². The minimum atomic E-state index is -0.533. The Kier molecular flexibility index (Phi) is 4.37. The van der Waals surface area contributed by atoms with Crippen molar-refractivity contribution in [3.63, 3.8) is 0 Å². The van der Waals surface area contributed by atoms with E-state index >= 15 is 0 Å². The number of nitrogens with one attached hydrogen (secondary N) is 3. The van der Waals surface area contributed by atoms with E-state index in [4.69, 9.17) is 0 Å². The smallest absolute Gasteiger partial charge is 0.256 e. The molecule has 0 bridgehead atoms. The lowest BCUT2D eigenvalue weighted by Gasteiger charge is -2.27. The quantitative estimate of drug-likeness (QED) is 0.640. The van der Waals surface area contributed by atoms with E-state index in [1.807, 2.05) is 6.07 Å². The Bertz CT molecular complexity index is 1030. The molecule has 0 saturated heterocycles. The summed E-state index contributed by atoms with van der Waals surface area (Å²) in [6.45, 7) is 2.91.